The van der Waals surface area contributed by atoms with E-state index in [0.29, 0.717) is 0 Å². The minimum atomic E-state index is -0.428. The second kappa shape index (κ2) is 3.48. The maximum atomic E-state index is 10.9. The van der Waals surface area contributed by atoms with Crippen molar-refractivity contribution < 1.29 is 9.32 Å². The molecule has 62 valence electrons. The molecule has 0 aliphatic carbocycles. The SMILES string of the molecule is CNC(=O)c1noc(CC#N)n1. The van der Waals surface area contributed by atoms with Gasteiger partial charge in [-0.15, -0.1) is 0 Å². The molecule has 1 heterocycles. The maximum Gasteiger partial charge on any atom is 0.292 e. The van der Waals surface area contributed by atoms with Gasteiger partial charge < -0.3 is 9.84 Å². The molecule has 1 aromatic rings. The Morgan fingerprint density at radius 2 is 2.58 bits per heavy atom. The van der Waals surface area contributed by atoms with Gasteiger partial charge in [0.1, 0.15) is 6.42 Å². The Morgan fingerprint density at radius 1 is 1.83 bits per heavy atom. The Kier molecular flexibility index (Phi) is 2.38. The number of carbonyl (C=O) groups excluding carboxylic acids is 1. The Hall–Kier alpha value is -1.90. The largest absolute Gasteiger partial charge is 0.352 e. The zero-order chi connectivity index (χ0) is 8.97. The maximum absolute atomic E-state index is 10.9. The zero-order valence-electron chi connectivity index (χ0n) is 6.37. The average Bonchev–Trinajstić information content (AvgIpc) is 2.52. The lowest BCUT2D eigenvalue weighted by molar-refractivity contribution is 0.0950. The summed E-state index contributed by atoms with van der Waals surface area (Å²) in [6, 6.07) is 1.83. The van der Waals surface area contributed by atoms with E-state index in [1.807, 2.05) is 6.07 Å². The van der Waals surface area contributed by atoms with Crippen molar-refractivity contribution in [1.82, 2.24) is 15.5 Å². The summed E-state index contributed by atoms with van der Waals surface area (Å²) in [5, 5.41) is 13.9. The van der Waals surface area contributed by atoms with Crippen LogP contribution in [0.25, 0.3) is 0 Å². The molecule has 0 radical (unpaired) electrons. The van der Waals surface area contributed by atoms with Crippen LogP contribution in [0.2, 0.25) is 0 Å². The summed E-state index contributed by atoms with van der Waals surface area (Å²) in [5.74, 6) is -0.332. The predicted octanol–water partition coefficient (Wildman–Crippen LogP) is -0.505. The average molecular weight is 166 g/mol. The molecular formula is C6H6N4O2. The third kappa shape index (κ3) is 1.58. The van der Waals surface area contributed by atoms with E-state index in [4.69, 9.17) is 5.26 Å². The van der Waals surface area contributed by atoms with E-state index >= 15 is 0 Å². The number of nitrogens with one attached hydrogen (secondary N) is 1. The third-order valence-electron chi connectivity index (χ3n) is 1.13. The molecule has 0 bridgehead atoms. The van der Waals surface area contributed by atoms with Gasteiger partial charge in [0.25, 0.3) is 11.7 Å². The van der Waals surface area contributed by atoms with Gasteiger partial charge in [-0.3, -0.25) is 4.79 Å². The Labute approximate surface area is 68.2 Å². The molecule has 0 aliphatic heterocycles. The molecule has 0 atom stereocenters. The quantitative estimate of drug-likeness (QED) is 0.639. The molecule has 0 unspecified atom stereocenters. The number of carbonyl (C=O) groups is 1. The first-order valence-electron chi connectivity index (χ1n) is 3.19. The van der Waals surface area contributed by atoms with Crippen LogP contribution in [0.15, 0.2) is 4.52 Å². The summed E-state index contributed by atoms with van der Waals surface area (Å²) >= 11 is 0. The normalized spacial score (nSPS) is 9.00. The topological polar surface area (TPSA) is 91.8 Å². The first kappa shape index (κ1) is 8.20. The number of aromatic nitrogens is 2. The summed E-state index contributed by atoms with van der Waals surface area (Å²) in [6.45, 7) is 0. The monoisotopic (exact) mass is 166 g/mol. The van der Waals surface area contributed by atoms with E-state index in [9.17, 15) is 4.79 Å². The van der Waals surface area contributed by atoms with Crippen molar-refractivity contribution in [3.63, 3.8) is 0 Å². The van der Waals surface area contributed by atoms with Crippen LogP contribution in [-0.4, -0.2) is 23.1 Å². The van der Waals surface area contributed by atoms with Crippen LogP contribution in [0, 0.1) is 11.3 Å². The van der Waals surface area contributed by atoms with E-state index in [0.717, 1.165) is 0 Å². The van der Waals surface area contributed by atoms with Crippen molar-refractivity contribution in [3.8, 4) is 6.07 Å². The standard InChI is InChI=1S/C6H6N4O2/c1-8-6(11)5-9-4(2-3-7)12-10-5/h2H2,1H3,(H,8,11). The van der Waals surface area contributed by atoms with Crippen molar-refractivity contribution >= 4 is 5.91 Å². The smallest absolute Gasteiger partial charge is 0.292 e. The predicted molar refractivity (Wildman–Crippen MR) is 37.0 cm³/mol. The van der Waals surface area contributed by atoms with Crippen molar-refractivity contribution in [1.29, 1.82) is 5.26 Å². The molecule has 6 heteroatoms. The number of rotatable bonds is 2. The minimum Gasteiger partial charge on any atom is -0.352 e. The van der Waals surface area contributed by atoms with E-state index in [1.54, 1.807) is 0 Å². The lowest BCUT2D eigenvalue weighted by Gasteiger charge is -1.87. The number of hydrogen-bond donors (Lipinski definition) is 1. The first-order valence-corrected chi connectivity index (χ1v) is 3.19. The first-order chi connectivity index (χ1) is 5.77. The Balaban J connectivity index is 2.78. The second-order valence-electron chi connectivity index (χ2n) is 1.93. The summed E-state index contributed by atoms with van der Waals surface area (Å²) < 4.78 is 4.58. The number of amides is 1. The van der Waals surface area contributed by atoms with E-state index in [1.165, 1.54) is 7.05 Å². The van der Waals surface area contributed by atoms with Gasteiger partial charge in [-0.05, 0) is 0 Å². The fraction of sp³-hybridized carbons (Fsp3) is 0.333. The molecule has 1 aromatic heterocycles. The van der Waals surface area contributed by atoms with E-state index in [-0.39, 0.29) is 18.1 Å². The minimum absolute atomic E-state index is 0.0179. The Morgan fingerprint density at radius 3 is 3.17 bits per heavy atom. The van der Waals surface area contributed by atoms with E-state index < -0.39 is 5.91 Å². The van der Waals surface area contributed by atoms with Gasteiger partial charge >= 0.3 is 0 Å². The van der Waals surface area contributed by atoms with Gasteiger partial charge in [0.2, 0.25) is 5.89 Å². The third-order valence-corrected chi connectivity index (χ3v) is 1.13. The Bertz CT molecular complexity index is 325. The highest BCUT2D eigenvalue weighted by molar-refractivity contribution is 5.89. The van der Waals surface area contributed by atoms with Gasteiger partial charge in [0, 0.05) is 7.05 Å². The molecule has 0 saturated heterocycles. The van der Waals surface area contributed by atoms with Gasteiger partial charge in [-0.25, -0.2) is 0 Å². The highest BCUT2D eigenvalue weighted by Crippen LogP contribution is 1.96. The van der Waals surface area contributed by atoms with Gasteiger partial charge in [0.05, 0.1) is 6.07 Å². The van der Waals surface area contributed by atoms with Crippen LogP contribution in [0.1, 0.15) is 16.5 Å². The molecule has 0 fully saturated rings. The lowest BCUT2D eigenvalue weighted by atomic mass is 10.5. The van der Waals surface area contributed by atoms with Crippen molar-refractivity contribution in [2.45, 2.75) is 6.42 Å². The molecule has 0 spiro atoms. The number of nitriles is 1. The van der Waals surface area contributed by atoms with Gasteiger partial charge in [0.15, 0.2) is 0 Å². The molecule has 12 heavy (non-hydrogen) atoms. The molecule has 1 rings (SSSR count). The van der Waals surface area contributed by atoms with Crippen LogP contribution >= 0.6 is 0 Å². The van der Waals surface area contributed by atoms with Crippen molar-refractivity contribution in [3.05, 3.63) is 11.7 Å². The summed E-state index contributed by atoms with van der Waals surface area (Å²) in [7, 11) is 1.46. The van der Waals surface area contributed by atoms with E-state index in [2.05, 4.69) is 20.0 Å². The molecule has 6 nitrogen and oxygen atoms in total. The molecule has 1 N–H and O–H groups in total. The summed E-state index contributed by atoms with van der Waals surface area (Å²) in [5.41, 5.74) is 0. The molecule has 0 aromatic carbocycles. The number of hydrogen-bond acceptors (Lipinski definition) is 5. The lowest BCUT2D eigenvalue weighted by Crippen LogP contribution is -2.19. The van der Waals surface area contributed by atoms with Crippen LogP contribution in [0.5, 0.6) is 0 Å². The van der Waals surface area contributed by atoms with Crippen molar-refractivity contribution in [2.24, 2.45) is 0 Å². The fourth-order valence-corrected chi connectivity index (χ4v) is 0.598. The second-order valence-corrected chi connectivity index (χ2v) is 1.93. The number of nitrogens with zero attached hydrogens (tertiary/aromatic N) is 3. The molecule has 0 aliphatic rings. The van der Waals surface area contributed by atoms with Crippen LogP contribution < -0.4 is 5.32 Å². The van der Waals surface area contributed by atoms with Gasteiger partial charge in [-0.2, -0.15) is 10.2 Å². The highest BCUT2D eigenvalue weighted by Gasteiger charge is 2.11. The molecular weight excluding hydrogens is 160 g/mol. The summed E-state index contributed by atoms with van der Waals surface area (Å²) in [6.07, 6.45) is 0.0179. The molecule has 1 amide bonds. The highest BCUT2D eigenvalue weighted by atomic mass is 16.5. The van der Waals surface area contributed by atoms with Crippen LogP contribution in [-0.2, 0) is 6.42 Å². The van der Waals surface area contributed by atoms with Crippen LogP contribution in [0.4, 0.5) is 0 Å². The van der Waals surface area contributed by atoms with Crippen molar-refractivity contribution in [2.75, 3.05) is 7.05 Å². The zero-order valence-corrected chi connectivity index (χ0v) is 6.37. The summed E-state index contributed by atoms with van der Waals surface area (Å²) in [4.78, 5) is 14.5. The fourth-order valence-electron chi connectivity index (χ4n) is 0.598. The van der Waals surface area contributed by atoms with Crippen LogP contribution in [0.3, 0.4) is 0 Å². The van der Waals surface area contributed by atoms with Gasteiger partial charge in [-0.1, -0.05) is 5.16 Å². The molecule has 0 saturated carbocycles.